The summed E-state index contributed by atoms with van der Waals surface area (Å²) in [7, 11) is -1.57. The molecule has 1 N–H and O–H groups in total. The Bertz CT molecular complexity index is 849. The molecule has 0 saturated carbocycles. The molecule has 0 unspecified atom stereocenters. The average Bonchev–Trinajstić information content (AvgIpc) is 2.51. The van der Waals surface area contributed by atoms with Crippen LogP contribution < -0.4 is 10.1 Å². The van der Waals surface area contributed by atoms with E-state index in [-0.39, 0.29) is 11.7 Å². The average molecular weight is 412 g/mol. The molecule has 1 amide bonds. The maximum atomic E-state index is 12.3. The maximum absolute atomic E-state index is 12.3. The molecule has 0 saturated heterocycles. The van der Waals surface area contributed by atoms with Gasteiger partial charge in [0, 0.05) is 28.4 Å². The van der Waals surface area contributed by atoms with Gasteiger partial charge in [-0.3, -0.25) is 4.79 Å². The molecule has 128 valence electrons. The van der Waals surface area contributed by atoms with Crippen molar-refractivity contribution >= 4 is 31.7 Å². The van der Waals surface area contributed by atoms with Crippen LogP contribution in [0.2, 0.25) is 0 Å². The first-order chi connectivity index (χ1) is 11.3. The van der Waals surface area contributed by atoms with Crippen LogP contribution >= 0.6 is 15.9 Å². The van der Waals surface area contributed by atoms with Crippen molar-refractivity contribution in [3.8, 4) is 5.75 Å². The first-order valence-electron chi connectivity index (χ1n) is 7.16. The highest BCUT2D eigenvalue weighted by Gasteiger charge is 2.11. The predicted octanol–water partition coefficient (Wildman–Crippen LogP) is 2.93. The highest BCUT2D eigenvalue weighted by molar-refractivity contribution is 9.10. The summed E-state index contributed by atoms with van der Waals surface area (Å²) in [5.41, 5.74) is 1.85. The molecule has 0 radical (unpaired) electrons. The van der Waals surface area contributed by atoms with Crippen molar-refractivity contribution in [1.29, 1.82) is 0 Å². The number of benzene rings is 2. The minimum Gasteiger partial charge on any atom is -0.496 e. The summed E-state index contributed by atoms with van der Waals surface area (Å²) in [6.45, 7) is 0.303. The lowest BCUT2D eigenvalue weighted by Gasteiger charge is -2.11. The number of carbonyl (C=O) groups excluding carboxylic acids is 1. The molecule has 0 aromatic heterocycles. The highest BCUT2D eigenvalue weighted by atomic mass is 79.9. The van der Waals surface area contributed by atoms with Crippen molar-refractivity contribution in [1.82, 2.24) is 5.32 Å². The quantitative estimate of drug-likeness (QED) is 0.792. The van der Waals surface area contributed by atoms with Crippen molar-refractivity contribution in [2.24, 2.45) is 0 Å². The first kappa shape index (κ1) is 18.5. The van der Waals surface area contributed by atoms with E-state index in [1.165, 1.54) is 6.26 Å². The van der Waals surface area contributed by atoms with Crippen LogP contribution in [-0.2, 0) is 22.1 Å². The SMILES string of the molecule is COc1ccc(Br)cc1CNC(=O)c1cccc(CS(C)(=O)=O)c1. The third-order valence-electron chi connectivity index (χ3n) is 3.30. The van der Waals surface area contributed by atoms with E-state index in [9.17, 15) is 13.2 Å². The molecular formula is C17H18BrNO4S. The normalized spacial score (nSPS) is 11.1. The fourth-order valence-corrected chi connectivity index (χ4v) is 3.46. The standard InChI is InChI=1S/C17H18BrNO4S/c1-23-16-7-6-15(18)9-14(16)10-19-17(20)13-5-3-4-12(8-13)11-24(2,21)22/h3-9H,10-11H2,1-2H3,(H,19,20). The van der Waals surface area contributed by atoms with Gasteiger partial charge in [-0.1, -0.05) is 28.1 Å². The Morgan fingerprint density at radius 1 is 1.21 bits per heavy atom. The molecule has 0 heterocycles. The van der Waals surface area contributed by atoms with E-state index >= 15 is 0 Å². The lowest BCUT2D eigenvalue weighted by molar-refractivity contribution is 0.0950. The topological polar surface area (TPSA) is 72.5 Å². The van der Waals surface area contributed by atoms with Crippen LogP contribution in [-0.4, -0.2) is 27.7 Å². The lowest BCUT2D eigenvalue weighted by atomic mass is 10.1. The molecule has 2 aromatic rings. The summed E-state index contributed by atoms with van der Waals surface area (Å²) in [5.74, 6) is 0.324. The third-order valence-corrected chi connectivity index (χ3v) is 4.65. The number of hydrogen-bond donors (Lipinski definition) is 1. The number of ether oxygens (including phenoxy) is 1. The van der Waals surface area contributed by atoms with E-state index < -0.39 is 9.84 Å². The van der Waals surface area contributed by atoms with Gasteiger partial charge in [0.15, 0.2) is 9.84 Å². The fourth-order valence-electron chi connectivity index (χ4n) is 2.27. The minimum absolute atomic E-state index is 0.0897. The van der Waals surface area contributed by atoms with Crippen molar-refractivity contribution in [3.63, 3.8) is 0 Å². The molecule has 7 heteroatoms. The summed E-state index contributed by atoms with van der Waals surface area (Å²) in [5, 5.41) is 2.82. The number of amides is 1. The Balaban J connectivity index is 2.11. The predicted molar refractivity (Wildman–Crippen MR) is 96.9 cm³/mol. The number of halogens is 1. The molecule has 0 atom stereocenters. The van der Waals surface area contributed by atoms with E-state index in [1.54, 1.807) is 31.4 Å². The van der Waals surface area contributed by atoms with Crippen LogP contribution in [0.1, 0.15) is 21.5 Å². The Morgan fingerprint density at radius 3 is 2.62 bits per heavy atom. The van der Waals surface area contributed by atoms with Crippen LogP contribution in [0.5, 0.6) is 5.75 Å². The van der Waals surface area contributed by atoms with Gasteiger partial charge in [0.05, 0.1) is 12.9 Å². The monoisotopic (exact) mass is 411 g/mol. The molecule has 2 aromatic carbocycles. The number of sulfone groups is 1. The van der Waals surface area contributed by atoms with Crippen LogP contribution in [0, 0.1) is 0 Å². The van der Waals surface area contributed by atoms with Gasteiger partial charge in [0.2, 0.25) is 0 Å². The summed E-state index contributed by atoms with van der Waals surface area (Å²) in [4.78, 5) is 12.3. The lowest BCUT2D eigenvalue weighted by Crippen LogP contribution is -2.23. The molecule has 0 fully saturated rings. The highest BCUT2D eigenvalue weighted by Crippen LogP contribution is 2.22. The van der Waals surface area contributed by atoms with Crippen molar-refractivity contribution in [3.05, 3.63) is 63.6 Å². The van der Waals surface area contributed by atoms with Gasteiger partial charge < -0.3 is 10.1 Å². The van der Waals surface area contributed by atoms with Gasteiger partial charge in [-0.15, -0.1) is 0 Å². The van der Waals surface area contributed by atoms with Gasteiger partial charge in [0.1, 0.15) is 5.75 Å². The van der Waals surface area contributed by atoms with Crippen LogP contribution in [0.3, 0.4) is 0 Å². The molecule has 0 aliphatic carbocycles. The zero-order valence-electron chi connectivity index (χ0n) is 13.4. The number of rotatable bonds is 6. The number of methoxy groups -OCH3 is 1. The number of carbonyl (C=O) groups is 1. The molecular weight excluding hydrogens is 394 g/mol. The van der Waals surface area contributed by atoms with Gasteiger partial charge >= 0.3 is 0 Å². The molecule has 0 spiro atoms. The maximum Gasteiger partial charge on any atom is 0.251 e. The first-order valence-corrected chi connectivity index (χ1v) is 10.0. The van der Waals surface area contributed by atoms with Gasteiger partial charge in [-0.25, -0.2) is 8.42 Å². The Morgan fingerprint density at radius 2 is 1.96 bits per heavy atom. The minimum atomic E-state index is -3.14. The summed E-state index contributed by atoms with van der Waals surface area (Å²) in [6, 6.07) is 12.2. The molecule has 5 nitrogen and oxygen atoms in total. The van der Waals surface area contributed by atoms with Gasteiger partial charge in [0.25, 0.3) is 5.91 Å². The largest absolute Gasteiger partial charge is 0.496 e. The number of hydrogen-bond acceptors (Lipinski definition) is 4. The fraction of sp³-hybridized carbons (Fsp3) is 0.235. The van der Waals surface area contributed by atoms with E-state index in [0.29, 0.717) is 23.4 Å². The van der Waals surface area contributed by atoms with Crippen molar-refractivity contribution in [2.75, 3.05) is 13.4 Å². The van der Waals surface area contributed by atoms with Crippen LogP contribution in [0.15, 0.2) is 46.9 Å². The van der Waals surface area contributed by atoms with Crippen molar-refractivity contribution < 1.29 is 17.9 Å². The van der Waals surface area contributed by atoms with Gasteiger partial charge in [-0.05, 0) is 35.9 Å². The van der Waals surface area contributed by atoms with E-state index in [4.69, 9.17) is 4.74 Å². The summed E-state index contributed by atoms with van der Waals surface area (Å²) >= 11 is 3.39. The molecule has 2 rings (SSSR count). The second-order valence-electron chi connectivity index (χ2n) is 5.41. The molecule has 0 aliphatic rings. The molecule has 0 aliphatic heterocycles. The van der Waals surface area contributed by atoms with Crippen LogP contribution in [0.25, 0.3) is 0 Å². The Hall–Kier alpha value is -1.86. The summed E-state index contributed by atoms with van der Waals surface area (Å²) in [6.07, 6.45) is 1.17. The second kappa shape index (κ2) is 7.81. The zero-order valence-corrected chi connectivity index (χ0v) is 15.8. The van der Waals surface area contributed by atoms with E-state index in [2.05, 4.69) is 21.2 Å². The van der Waals surface area contributed by atoms with E-state index in [0.717, 1.165) is 10.0 Å². The zero-order chi connectivity index (χ0) is 17.7. The smallest absolute Gasteiger partial charge is 0.251 e. The number of nitrogens with one attached hydrogen (secondary N) is 1. The van der Waals surface area contributed by atoms with E-state index in [1.807, 2.05) is 18.2 Å². The van der Waals surface area contributed by atoms with Gasteiger partial charge in [-0.2, -0.15) is 0 Å². The second-order valence-corrected chi connectivity index (χ2v) is 8.47. The Labute approximate surface area is 150 Å². The van der Waals surface area contributed by atoms with Crippen LogP contribution in [0.4, 0.5) is 0 Å². The molecule has 0 bridgehead atoms. The Kier molecular flexibility index (Phi) is 6.01. The third kappa shape index (κ3) is 5.35. The molecule has 24 heavy (non-hydrogen) atoms. The summed E-state index contributed by atoms with van der Waals surface area (Å²) < 4.78 is 28.9. The van der Waals surface area contributed by atoms with Crippen molar-refractivity contribution in [2.45, 2.75) is 12.3 Å².